The van der Waals surface area contributed by atoms with Gasteiger partial charge in [0.1, 0.15) is 11.9 Å². The van der Waals surface area contributed by atoms with E-state index in [1.165, 1.54) is 19.1 Å². The van der Waals surface area contributed by atoms with Crippen molar-refractivity contribution >= 4 is 11.9 Å². The molecular weight excluding hydrogens is 361 g/mol. The van der Waals surface area contributed by atoms with E-state index in [0.717, 1.165) is 12.1 Å². The number of alkyl halides is 3. The predicted octanol–water partition coefficient (Wildman–Crippen LogP) is 2.55. The second kappa shape index (κ2) is 11.3. The molecule has 6 nitrogen and oxygen atoms in total. The fourth-order valence-electron chi connectivity index (χ4n) is 2.14. The Morgan fingerprint density at radius 2 is 1.89 bits per heavy atom. The summed E-state index contributed by atoms with van der Waals surface area (Å²) in [6, 6.07) is 4.82. The molecule has 0 aliphatic heterocycles. The molecule has 9 heteroatoms. The predicted molar refractivity (Wildman–Crippen MR) is 98.8 cm³/mol. The number of nitrogens with one attached hydrogen (secondary N) is 3. The molecule has 0 aliphatic carbocycles. The molecule has 1 aromatic rings. The van der Waals surface area contributed by atoms with Gasteiger partial charge in [-0.2, -0.15) is 13.2 Å². The van der Waals surface area contributed by atoms with Crippen molar-refractivity contribution in [2.75, 3.05) is 26.2 Å². The smallest absolute Gasteiger partial charge is 0.416 e. The van der Waals surface area contributed by atoms with Gasteiger partial charge in [0.25, 0.3) is 0 Å². The molecule has 1 rings (SSSR count). The number of aliphatic imine (C=N–C) groups is 1. The Labute approximate surface area is 157 Å². The number of hydrogen-bond donors (Lipinski definition) is 3. The first kappa shape index (κ1) is 22.6. The average molecular weight is 388 g/mol. The maximum atomic E-state index is 12.8. The average Bonchev–Trinajstić information content (AvgIpc) is 2.61. The summed E-state index contributed by atoms with van der Waals surface area (Å²) in [7, 11) is 0. The Bertz CT molecular complexity index is 621. The van der Waals surface area contributed by atoms with E-state index in [-0.39, 0.29) is 24.3 Å². The Hall–Kier alpha value is -2.45. The summed E-state index contributed by atoms with van der Waals surface area (Å²) < 4.78 is 44.1. The number of guanidine groups is 1. The molecule has 1 atom stereocenters. The van der Waals surface area contributed by atoms with Gasteiger partial charge in [0.15, 0.2) is 5.96 Å². The fraction of sp³-hybridized carbons (Fsp3) is 0.556. The third-order valence-electron chi connectivity index (χ3n) is 3.51. The Morgan fingerprint density at radius 3 is 2.48 bits per heavy atom. The number of halogens is 3. The van der Waals surface area contributed by atoms with Crippen LogP contribution >= 0.6 is 0 Å². The van der Waals surface area contributed by atoms with E-state index in [1.807, 2.05) is 13.8 Å². The summed E-state index contributed by atoms with van der Waals surface area (Å²) >= 11 is 0. The Kier molecular flexibility index (Phi) is 9.46. The number of carbonyl (C=O) groups excluding carboxylic acids is 1. The molecule has 1 unspecified atom stereocenters. The van der Waals surface area contributed by atoms with Crippen molar-refractivity contribution in [1.29, 1.82) is 0 Å². The minimum absolute atomic E-state index is 0.112. The topological polar surface area (TPSA) is 74.8 Å². The van der Waals surface area contributed by atoms with Crippen molar-refractivity contribution in [1.82, 2.24) is 16.0 Å². The number of benzene rings is 1. The summed E-state index contributed by atoms with van der Waals surface area (Å²) in [4.78, 5) is 15.3. The molecule has 0 aliphatic rings. The molecule has 152 valence electrons. The van der Waals surface area contributed by atoms with E-state index in [0.29, 0.717) is 32.0 Å². The number of ether oxygens (including phenoxy) is 1. The molecule has 0 aromatic heterocycles. The highest BCUT2D eigenvalue weighted by atomic mass is 19.4. The summed E-state index contributed by atoms with van der Waals surface area (Å²) in [6.45, 7) is 7.12. The van der Waals surface area contributed by atoms with E-state index in [4.69, 9.17) is 4.74 Å². The maximum absolute atomic E-state index is 12.8. The first-order valence-electron chi connectivity index (χ1n) is 8.86. The van der Waals surface area contributed by atoms with Crippen LogP contribution in [-0.4, -0.2) is 44.1 Å². The van der Waals surface area contributed by atoms with E-state index in [9.17, 15) is 18.0 Å². The molecule has 0 spiro atoms. The van der Waals surface area contributed by atoms with Gasteiger partial charge in [-0.25, -0.2) is 4.99 Å². The highest BCUT2D eigenvalue weighted by Gasteiger charge is 2.30. The molecule has 0 fully saturated rings. The first-order valence-corrected chi connectivity index (χ1v) is 8.86. The third-order valence-corrected chi connectivity index (χ3v) is 3.51. The lowest BCUT2D eigenvalue weighted by Crippen LogP contribution is -2.41. The number of carbonyl (C=O) groups is 1. The minimum atomic E-state index is -4.41. The van der Waals surface area contributed by atoms with Crippen LogP contribution in [0.15, 0.2) is 29.3 Å². The molecule has 1 aromatic carbocycles. The van der Waals surface area contributed by atoms with E-state index < -0.39 is 11.7 Å². The number of rotatable bonds is 9. The maximum Gasteiger partial charge on any atom is 0.416 e. The standard InChI is InChI=1S/C18H27F3N4O2/c1-4-15(27-16-8-6-7-14(11-16)18(19,20)21)12-25-17(22-5-2)24-10-9-23-13(3)26/h6-8,11,15H,4-5,9-10,12H2,1-3H3,(H,23,26)(H2,22,24,25). The molecule has 0 saturated heterocycles. The van der Waals surface area contributed by atoms with Gasteiger partial charge in [-0.3, -0.25) is 4.79 Å². The van der Waals surface area contributed by atoms with Crippen LogP contribution in [0, 0.1) is 0 Å². The van der Waals surface area contributed by atoms with Gasteiger partial charge in [0, 0.05) is 26.6 Å². The molecule has 1 amide bonds. The lowest BCUT2D eigenvalue weighted by Gasteiger charge is -2.18. The van der Waals surface area contributed by atoms with E-state index >= 15 is 0 Å². The van der Waals surface area contributed by atoms with Crippen LogP contribution in [0.4, 0.5) is 13.2 Å². The van der Waals surface area contributed by atoms with Crippen molar-refractivity contribution in [3.63, 3.8) is 0 Å². The highest BCUT2D eigenvalue weighted by molar-refractivity contribution is 5.79. The zero-order valence-electron chi connectivity index (χ0n) is 15.8. The third kappa shape index (κ3) is 9.16. The lowest BCUT2D eigenvalue weighted by molar-refractivity contribution is -0.137. The van der Waals surface area contributed by atoms with Crippen molar-refractivity contribution in [2.24, 2.45) is 4.99 Å². The molecule has 27 heavy (non-hydrogen) atoms. The molecule has 3 N–H and O–H groups in total. The van der Waals surface area contributed by atoms with Gasteiger partial charge in [-0.15, -0.1) is 0 Å². The van der Waals surface area contributed by atoms with Gasteiger partial charge in [-0.1, -0.05) is 13.0 Å². The zero-order chi connectivity index (χ0) is 20.3. The van der Waals surface area contributed by atoms with Crippen molar-refractivity contribution in [3.05, 3.63) is 29.8 Å². The molecule has 0 heterocycles. The van der Waals surface area contributed by atoms with Crippen LogP contribution in [-0.2, 0) is 11.0 Å². The van der Waals surface area contributed by atoms with Crippen molar-refractivity contribution < 1.29 is 22.7 Å². The second-order valence-electron chi connectivity index (χ2n) is 5.80. The monoisotopic (exact) mass is 388 g/mol. The van der Waals surface area contributed by atoms with Crippen LogP contribution in [0.1, 0.15) is 32.8 Å². The van der Waals surface area contributed by atoms with Gasteiger partial charge in [0.05, 0.1) is 12.1 Å². The number of hydrogen-bond acceptors (Lipinski definition) is 3. The van der Waals surface area contributed by atoms with Crippen LogP contribution in [0.5, 0.6) is 5.75 Å². The molecule has 0 radical (unpaired) electrons. The molecule has 0 saturated carbocycles. The largest absolute Gasteiger partial charge is 0.488 e. The van der Waals surface area contributed by atoms with Crippen LogP contribution < -0.4 is 20.7 Å². The molecular formula is C18H27F3N4O2. The Morgan fingerprint density at radius 1 is 1.19 bits per heavy atom. The molecule has 0 bridgehead atoms. The zero-order valence-corrected chi connectivity index (χ0v) is 15.8. The van der Waals surface area contributed by atoms with E-state index in [2.05, 4.69) is 20.9 Å². The SMILES string of the molecule is CCNC(=NCC(CC)Oc1cccc(C(F)(F)F)c1)NCCNC(C)=O. The summed E-state index contributed by atoms with van der Waals surface area (Å²) in [5, 5.41) is 8.80. The number of nitrogens with zero attached hydrogens (tertiary/aromatic N) is 1. The fourth-order valence-corrected chi connectivity index (χ4v) is 2.14. The van der Waals surface area contributed by atoms with E-state index in [1.54, 1.807) is 0 Å². The van der Waals surface area contributed by atoms with Crippen molar-refractivity contribution in [3.8, 4) is 5.75 Å². The van der Waals surface area contributed by atoms with Crippen molar-refractivity contribution in [2.45, 2.75) is 39.5 Å². The minimum Gasteiger partial charge on any atom is -0.488 e. The lowest BCUT2D eigenvalue weighted by atomic mass is 10.2. The van der Waals surface area contributed by atoms with Gasteiger partial charge in [0.2, 0.25) is 5.91 Å². The second-order valence-corrected chi connectivity index (χ2v) is 5.80. The van der Waals surface area contributed by atoms with Crippen LogP contribution in [0.25, 0.3) is 0 Å². The van der Waals surface area contributed by atoms with Gasteiger partial charge >= 0.3 is 6.18 Å². The van der Waals surface area contributed by atoms with Crippen LogP contribution in [0.3, 0.4) is 0 Å². The van der Waals surface area contributed by atoms with Gasteiger partial charge in [-0.05, 0) is 31.5 Å². The first-order chi connectivity index (χ1) is 12.8. The van der Waals surface area contributed by atoms with Gasteiger partial charge < -0.3 is 20.7 Å². The van der Waals surface area contributed by atoms with Crippen LogP contribution in [0.2, 0.25) is 0 Å². The quantitative estimate of drug-likeness (QED) is 0.345. The number of amides is 1. The summed E-state index contributed by atoms with van der Waals surface area (Å²) in [5.41, 5.74) is -0.744. The highest BCUT2D eigenvalue weighted by Crippen LogP contribution is 2.31. The summed E-state index contributed by atoms with van der Waals surface area (Å²) in [5.74, 6) is 0.601. The summed E-state index contributed by atoms with van der Waals surface area (Å²) in [6.07, 6.45) is -4.18. The normalized spacial score (nSPS) is 13.0. The Balaban J connectivity index is 2.66.